The van der Waals surface area contributed by atoms with Crippen LogP contribution in [-0.4, -0.2) is 23.6 Å². The fraction of sp³-hybridized carbons (Fsp3) is 0.667. The molecule has 4 heteroatoms. The number of ketones is 2. The number of esters is 1. The van der Waals surface area contributed by atoms with Crippen LogP contribution in [0.4, 0.5) is 0 Å². The Balaban J connectivity index is 2.12. The molecule has 1 saturated carbocycles. The van der Waals surface area contributed by atoms with Crippen molar-refractivity contribution in [3.63, 3.8) is 0 Å². The van der Waals surface area contributed by atoms with E-state index in [0.717, 1.165) is 12.8 Å². The Labute approximate surface area is 114 Å². The van der Waals surface area contributed by atoms with Crippen LogP contribution in [0.1, 0.15) is 52.4 Å². The van der Waals surface area contributed by atoms with Crippen LogP contribution >= 0.6 is 0 Å². The number of unbranched alkanes of at least 4 members (excludes halogenated alkanes) is 1. The van der Waals surface area contributed by atoms with Crippen LogP contribution in [0.3, 0.4) is 0 Å². The molecule has 0 aromatic rings. The van der Waals surface area contributed by atoms with Crippen molar-refractivity contribution in [1.29, 1.82) is 0 Å². The van der Waals surface area contributed by atoms with Gasteiger partial charge in [-0.05, 0) is 33.1 Å². The molecule has 1 fully saturated rings. The Morgan fingerprint density at radius 3 is 2.47 bits per heavy atom. The third-order valence-corrected chi connectivity index (χ3v) is 3.05. The quantitative estimate of drug-likeness (QED) is 0.307. The van der Waals surface area contributed by atoms with E-state index < -0.39 is 5.92 Å². The molecule has 19 heavy (non-hydrogen) atoms. The average Bonchev–Trinajstić information content (AvgIpc) is 2.63. The van der Waals surface area contributed by atoms with Crippen molar-refractivity contribution in [1.82, 2.24) is 0 Å². The molecule has 0 aromatic heterocycles. The predicted octanol–water partition coefficient (Wildman–Crippen LogP) is 2.60. The smallest absolute Gasteiger partial charge is 0.306 e. The Hall–Kier alpha value is -1.45. The van der Waals surface area contributed by atoms with Crippen molar-refractivity contribution in [3.8, 4) is 0 Å². The normalized spacial score (nSPS) is 16.8. The van der Waals surface area contributed by atoms with Crippen LogP contribution in [0.5, 0.6) is 0 Å². The number of carbonyl (C=O) groups excluding carboxylic acids is 3. The van der Waals surface area contributed by atoms with Gasteiger partial charge in [0.25, 0.3) is 0 Å². The van der Waals surface area contributed by atoms with Crippen molar-refractivity contribution < 1.29 is 19.1 Å². The van der Waals surface area contributed by atoms with Gasteiger partial charge in [-0.1, -0.05) is 12.2 Å². The fourth-order valence-electron chi connectivity index (χ4n) is 2.07. The number of Topliss-reactive ketones (excluding diaryl/α,β-unsaturated/α-hetero) is 2. The molecule has 1 aliphatic rings. The Bertz CT molecular complexity index is 352. The van der Waals surface area contributed by atoms with E-state index in [4.69, 9.17) is 4.74 Å². The molecule has 0 atom stereocenters. The number of carbonyl (C=O) groups is 3. The van der Waals surface area contributed by atoms with E-state index in [1.54, 1.807) is 0 Å². The summed E-state index contributed by atoms with van der Waals surface area (Å²) in [5.74, 6) is -0.461. The molecule has 0 aromatic carbocycles. The van der Waals surface area contributed by atoms with E-state index in [9.17, 15) is 14.4 Å². The van der Waals surface area contributed by atoms with Gasteiger partial charge in [0.1, 0.15) is 11.6 Å². The van der Waals surface area contributed by atoms with E-state index in [0.29, 0.717) is 25.7 Å². The Kier molecular flexibility index (Phi) is 6.46. The maximum atomic E-state index is 11.4. The second kappa shape index (κ2) is 7.87. The zero-order valence-electron chi connectivity index (χ0n) is 11.7. The molecule has 0 N–H and O–H groups in total. The predicted molar refractivity (Wildman–Crippen MR) is 71.6 cm³/mol. The van der Waals surface area contributed by atoms with Gasteiger partial charge in [0.05, 0.1) is 12.0 Å². The third kappa shape index (κ3) is 5.81. The summed E-state index contributed by atoms with van der Waals surface area (Å²) in [6, 6.07) is 0. The molecular formula is C15H22O4. The van der Waals surface area contributed by atoms with Gasteiger partial charge in [-0.15, -0.1) is 0 Å². The summed E-state index contributed by atoms with van der Waals surface area (Å²) in [5, 5.41) is 0. The summed E-state index contributed by atoms with van der Waals surface area (Å²) in [6.07, 6.45) is 6.95. The van der Waals surface area contributed by atoms with Gasteiger partial charge in [-0.2, -0.15) is 0 Å². The van der Waals surface area contributed by atoms with Gasteiger partial charge in [-0.25, -0.2) is 0 Å². The molecule has 0 aliphatic heterocycles. The van der Waals surface area contributed by atoms with E-state index in [2.05, 4.69) is 0 Å². The molecule has 0 amide bonds. The van der Waals surface area contributed by atoms with Gasteiger partial charge in [0.15, 0.2) is 0 Å². The molecule has 0 spiro atoms. The van der Waals surface area contributed by atoms with Gasteiger partial charge in [-0.3, -0.25) is 14.4 Å². The zero-order chi connectivity index (χ0) is 14.3. The van der Waals surface area contributed by atoms with Crippen LogP contribution < -0.4 is 0 Å². The van der Waals surface area contributed by atoms with Crippen molar-refractivity contribution in [2.75, 3.05) is 0 Å². The van der Waals surface area contributed by atoms with Crippen molar-refractivity contribution >= 4 is 17.5 Å². The van der Waals surface area contributed by atoms with Crippen LogP contribution in [0.25, 0.3) is 0 Å². The highest BCUT2D eigenvalue weighted by atomic mass is 16.5. The first-order chi connectivity index (χ1) is 9.00. The second-order valence-corrected chi connectivity index (χ2v) is 5.12. The van der Waals surface area contributed by atoms with E-state index in [-0.39, 0.29) is 23.6 Å². The van der Waals surface area contributed by atoms with E-state index >= 15 is 0 Å². The zero-order valence-corrected chi connectivity index (χ0v) is 11.7. The fourth-order valence-corrected chi connectivity index (χ4v) is 2.07. The lowest BCUT2D eigenvalue weighted by Crippen LogP contribution is -2.12. The summed E-state index contributed by atoms with van der Waals surface area (Å²) in [7, 11) is 0. The van der Waals surface area contributed by atoms with Crippen LogP contribution in [0.2, 0.25) is 0 Å². The van der Waals surface area contributed by atoms with Gasteiger partial charge < -0.3 is 4.74 Å². The molecule has 0 bridgehead atoms. The first-order valence-corrected chi connectivity index (χ1v) is 6.90. The molecule has 1 rings (SSSR count). The molecule has 4 nitrogen and oxygen atoms in total. The molecule has 1 aliphatic carbocycles. The largest absolute Gasteiger partial charge is 0.463 e. The third-order valence-electron chi connectivity index (χ3n) is 3.05. The minimum Gasteiger partial charge on any atom is -0.463 e. The number of hydrogen-bond donors (Lipinski definition) is 0. The minimum absolute atomic E-state index is 0.0650. The lowest BCUT2D eigenvalue weighted by molar-refractivity contribution is -0.147. The molecule has 0 radical (unpaired) electrons. The lowest BCUT2D eigenvalue weighted by atomic mass is 10.0. The summed E-state index contributed by atoms with van der Waals surface area (Å²) in [4.78, 5) is 34.0. The highest BCUT2D eigenvalue weighted by Gasteiger charge is 2.31. The first-order valence-electron chi connectivity index (χ1n) is 6.90. The molecule has 0 saturated heterocycles. The van der Waals surface area contributed by atoms with Crippen molar-refractivity contribution in [2.45, 2.75) is 58.5 Å². The van der Waals surface area contributed by atoms with E-state index in [1.165, 1.54) is 0 Å². The van der Waals surface area contributed by atoms with E-state index in [1.807, 2.05) is 26.0 Å². The Morgan fingerprint density at radius 1 is 1.26 bits per heavy atom. The standard InChI is InChI=1S/C15H22O4/c1-11(2)19-15(18)8-6-4-3-5-7-12-13(16)9-10-14(12)17/h3,5,11-12H,4,6-10H2,1-2H3. The van der Waals surface area contributed by atoms with Crippen molar-refractivity contribution in [3.05, 3.63) is 12.2 Å². The average molecular weight is 266 g/mol. The van der Waals surface area contributed by atoms with Gasteiger partial charge in [0, 0.05) is 19.3 Å². The highest BCUT2D eigenvalue weighted by molar-refractivity contribution is 6.08. The molecule has 106 valence electrons. The number of ether oxygens (including phenoxy) is 1. The van der Waals surface area contributed by atoms with Crippen LogP contribution in [-0.2, 0) is 19.1 Å². The first kappa shape index (κ1) is 15.6. The summed E-state index contributed by atoms with van der Waals surface area (Å²) < 4.78 is 5.01. The topological polar surface area (TPSA) is 60.4 Å². The minimum atomic E-state index is -0.415. The monoisotopic (exact) mass is 266 g/mol. The number of hydrogen-bond acceptors (Lipinski definition) is 4. The van der Waals surface area contributed by atoms with Crippen molar-refractivity contribution in [2.24, 2.45) is 5.92 Å². The maximum Gasteiger partial charge on any atom is 0.306 e. The number of allylic oxidation sites excluding steroid dienone is 2. The molecular weight excluding hydrogens is 244 g/mol. The highest BCUT2D eigenvalue weighted by Crippen LogP contribution is 2.21. The lowest BCUT2D eigenvalue weighted by Gasteiger charge is -2.06. The molecule has 0 heterocycles. The summed E-state index contributed by atoms with van der Waals surface area (Å²) in [5.41, 5.74) is 0. The summed E-state index contributed by atoms with van der Waals surface area (Å²) in [6.45, 7) is 3.65. The molecule has 0 unspecified atom stereocenters. The Morgan fingerprint density at radius 2 is 1.89 bits per heavy atom. The second-order valence-electron chi connectivity index (χ2n) is 5.12. The maximum absolute atomic E-state index is 11.4. The SMILES string of the molecule is CC(C)OC(=O)CCCC=CCC1C(=O)CCC1=O. The van der Waals surface area contributed by atoms with Gasteiger partial charge >= 0.3 is 5.97 Å². The summed E-state index contributed by atoms with van der Waals surface area (Å²) >= 11 is 0. The van der Waals surface area contributed by atoms with Crippen LogP contribution in [0.15, 0.2) is 12.2 Å². The van der Waals surface area contributed by atoms with Crippen LogP contribution in [0, 0.1) is 5.92 Å². The number of rotatable bonds is 7. The van der Waals surface area contributed by atoms with Gasteiger partial charge in [0.2, 0.25) is 0 Å².